The van der Waals surface area contributed by atoms with E-state index in [-0.39, 0.29) is 0 Å². The van der Waals surface area contributed by atoms with Crippen LogP contribution < -0.4 is 10.1 Å². The van der Waals surface area contributed by atoms with Gasteiger partial charge < -0.3 is 10.1 Å². The third-order valence-corrected chi connectivity index (χ3v) is 6.13. The summed E-state index contributed by atoms with van der Waals surface area (Å²) in [6, 6.07) is 14.7. The first-order chi connectivity index (χ1) is 12.6. The van der Waals surface area contributed by atoms with E-state index in [1.165, 1.54) is 21.6 Å². The van der Waals surface area contributed by atoms with Crippen molar-refractivity contribution in [3.05, 3.63) is 69.7 Å². The Hall–Kier alpha value is -2.33. The summed E-state index contributed by atoms with van der Waals surface area (Å²) < 4.78 is 6.24. The summed E-state index contributed by atoms with van der Waals surface area (Å²) in [5.41, 5.74) is 5.12. The number of hydrogen-bond acceptors (Lipinski definition) is 4. The number of aromatic nitrogens is 1. The monoisotopic (exact) mass is 364 g/mol. The average molecular weight is 365 g/mol. The van der Waals surface area contributed by atoms with Crippen molar-refractivity contribution in [3.8, 4) is 11.5 Å². The maximum Gasteiger partial charge on any atom is 0.183 e. The normalized spacial score (nSPS) is 15.7. The van der Waals surface area contributed by atoms with Crippen LogP contribution in [0.25, 0.3) is 0 Å². The first-order valence-electron chi connectivity index (χ1n) is 9.14. The molecule has 3 nitrogen and oxygen atoms in total. The third kappa shape index (κ3) is 3.47. The summed E-state index contributed by atoms with van der Waals surface area (Å²) >= 11 is 1.73. The second-order valence-electron chi connectivity index (χ2n) is 7.02. The van der Waals surface area contributed by atoms with E-state index >= 15 is 0 Å². The number of hydrogen-bond donors (Lipinski definition) is 1. The van der Waals surface area contributed by atoms with E-state index in [1.807, 2.05) is 12.1 Å². The van der Waals surface area contributed by atoms with Crippen LogP contribution in [0.2, 0.25) is 0 Å². The average Bonchev–Trinajstić information content (AvgIpc) is 3.19. The van der Waals surface area contributed by atoms with Crippen molar-refractivity contribution in [2.75, 3.05) is 11.9 Å². The highest BCUT2D eigenvalue weighted by atomic mass is 32.1. The van der Waals surface area contributed by atoms with Crippen molar-refractivity contribution >= 4 is 16.5 Å². The molecule has 2 aromatic carbocycles. The minimum Gasteiger partial charge on any atom is -0.457 e. The minimum atomic E-state index is 0.455. The molecule has 1 heterocycles. The zero-order chi connectivity index (χ0) is 18.1. The van der Waals surface area contributed by atoms with Gasteiger partial charge in [0.2, 0.25) is 0 Å². The zero-order valence-corrected chi connectivity index (χ0v) is 16.3. The predicted octanol–water partition coefficient (Wildman–Crippen LogP) is 6.00. The van der Waals surface area contributed by atoms with E-state index in [0.29, 0.717) is 5.92 Å². The molecule has 0 radical (unpaired) electrons. The van der Waals surface area contributed by atoms with Gasteiger partial charge in [-0.05, 0) is 57.4 Å². The highest BCUT2D eigenvalue weighted by Crippen LogP contribution is 2.41. The standard InChI is InChI=1S/C22H24N2OS/c1-14-7-11-19(12-8-14)25-20-6-4-5-17-9-10-18(21(17)20)13-23-22-24-15(2)16(3)26-22/h4-8,11-12,18H,9-10,13H2,1-3H3,(H,23,24). The molecule has 0 aliphatic heterocycles. The molecule has 3 aromatic rings. The molecule has 1 atom stereocenters. The van der Waals surface area contributed by atoms with E-state index in [1.54, 1.807) is 11.3 Å². The van der Waals surface area contributed by atoms with Crippen LogP contribution in [0.15, 0.2) is 42.5 Å². The lowest BCUT2D eigenvalue weighted by molar-refractivity contribution is 0.472. The van der Waals surface area contributed by atoms with Gasteiger partial charge in [-0.25, -0.2) is 4.98 Å². The van der Waals surface area contributed by atoms with Crippen molar-refractivity contribution in [3.63, 3.8) is 0 Å². The summed E-state index contributed by atoms with van der Waals surface area (Å²) in [7, 11) is 0. The zero-order valence-electron chi connectivity index (χ0n) is 15.5. The Morgan fingerprint density at radius 1 is 1.12 bits per heavy atom. The molecule has 26 heavy (non-hydrogen) atoms. The van der Waals surface area contributed by atoms with Gasteiger partial charge in [-0.1, -0.05) is 29.8 Å². The van der Waals surface area contributed by atoms with Crippen LogP contribution in [0.5, 0.6) is 11.5 Å². The molecule has 0 amide bonds. The van der Waals surface area contributed by atoms with Crippen LogP contribution in [0.4, 0.5) is 5.13 Å². The Morgan fingerprint density at radius 2 is 1.92 bits per heavy atom. The van der Waals surface area contributed by atoms with Crippen LogP contribution in [-0.2, 0) is 6.42 Å². The molecule has 4 heteroatoms. The molecule has 0 saturated heterocycles. The molecule has 1 N–H and O–H groups in total. The quantitative estimate of drug-likeness (QED) is 0.602. The number of fused-ring (bicyclic) bond motifs is 1. The van der Waals surface area contributed by atoms with Crippen LogP contribution >= 0.6 is 11.3 Å². The summed E-state index contributed by atoms with van der Waals surface area (Å²) in [5.74, 6) is 2.34. The van der Waals surface area contributed by atoms with E-state index in [0.717, 1.165) is 41.7 Å². The Balaban J connectivity index is 1.54. The van der Waals surface area contributed by atoms with E-state index in [9.17, 15) is 0 Å². The molecule has 4 rings (SSSR count). The lowest BCUT2D eigenvalue weighted by Crippen LogP contribution is -2.11. The SMILES string of the molecule is Cc1ccc(Oc2cccc3c2C(CNc2nc(C)c(C)s2)CC3)cc1. The highest BCUT2D eigenvalue weighted by molar-refractivity contribution is 7.15. The number of aryl methyl sites for hydroxylation is 4. The van der Waals surface area contributed by atoms with E-state index < -0.39 is 0 Å². The van der Waals surface area contributed by atoms with Crippen LogP contribution in [0, 0.1) is 20.8 Å². The van der Waals surface area contributed by atoms with Gasteiger partial charge in [0.25, 0.3) is 0 Å². The molecule has 0 saturated carbocycles. The van der Waals surface area contributed by atoms with Gasteiger partial charge in [0.1, 0.15) is 11.5 Å². The van der Waals surface area contributed by atoms with Crippen LogP contribution in [0.1, 0.15) is 39.6 Å². The van der Waals surface area contributed by atoms with Crippen LogP contribution in [-0.4, -0.2) is 11.5 Å². The number of benzene rings is 2. The molecule has 0 spiro atoms. The summed E-state index contributed by atoms with van der Waals surface area (Å²) in [6.45, 7) is 7.17. The van der Waals surface area contributed by atoms with Crippen molar-refractivity contribution in [1.82, 2.24) is 4.98 Å². The smallest absolute Gasteiger partial charge is 0.183 e. The van der Waals surface area contributed by atoms with Gasteiger partial charge in [-0.2, -0.15) is 0 Å². The first-order valence-corrected chi connectivity index (χ1v) is 9.96. The number of ether oxygens (including phenoxy) is 1. The first kappa shape index (κ1) is 17.1. The van der Waals surface area contributed by atoms with Gasteiger partial charge in [0.05, 0.1) is 5.69 Å². The number of thiazole rings is 1. The molecule has 0 bridgehead atoms. The summed E-state index contributed by atoms with van der Waals surface area (Å²) in [4.78, 5) is 5.88. The van der Waals surface area contributed by atoms with Crippen molar-refractivity contribution in [2.24, 2.45) is 0 Å². The molecule has 1 aromatic heterocycles. The Kier molecular flexibility index (Phi) is 4.68. The number of nitrogens with zero attached hydrogens (tertiary/aromatic N) is 1. The second-order valence-corrected chi connectivity index (χ2v) is 8.22. The van der Waals surface area contributed by atoms with Gasteiger partial charge in [-0.3, -0.25) is 0 Å². The molecule has 1 unspecified atom stereocenters. The maximum absolute atomic E-state index is 6.24. The fraction of sp³-hybridized carbons (Fsp3) is 0.318. The number of anilines is 1. The van der Waals surface area contributed by atoms with E-state index in [4.69, 9.17) is 4.74 Å². The fourth-order valence-corrected chi connectivity index (χ4v) is 4.35. The molecular formula is C22H24N2OS. The van der Waals surface area contributed by atoms with Gasteiger partial charge >= 0.3 is 0 Å². The van der Waals surface area contributed by atoms with Gasteiger partial charge in [-0.15, -0.1) is 11.3 Å². The number of nitrogens with one attached hydrogen (secondary N) is 1. The van der Waals surface area contributed by atoms with Gasteiger partial charge in [0, 0.05) is 22.9 Å². The molecule has 134 valence electrons. The predicted molar refractivity (Wildman–Crippen MR) is 109 cm³/mol. The highest BCUT2D eigenvalue weighted by Gasteiger charge is 2.26. The van der Waals surface area contributed by atoms with Crippen molar-refractivity contribution < 1.29 is 4.74 Å². The van der Waals surface area contributed by atoms with Gasteiger partial charge in [0.15, 0.2) is 5.13 Å². The second kappa shape index (κ2) is 7.12. The summed E-state index contributed by atoms with van der Waals surface area (Å²) in [5, 5.41) is 4.56. The third-order valence-electron chi connectivity index (χ3n) is 5.10. The fourth-order valence-electron chi connectivity index (χ4n) is 3.53. The lowest BCUT2D eigenvalue weighted by Gasteiger charge is -2.17. The maximum atomic E-state index is 6.24. The Labute approximate surface area is 159 Å². The molecule has 1 aliphatic rings. The van der Waals surface area contributed by atoms with Crippen molar-refractivity contribution in [1.29, 1.82) is 0 Å². The number of rotatable bonds is 5. The lowest BCUT2D eigenvalue weighted by atomic mass is 10.00. The topological polar surface area (TPSA) is 34.1 Å². The Bertz CT molecular complexity index is 895. The molecule has 0 fully saturated rings. The Morgan fingerprint density at radius 3 is 2.65 bits per heavy atom. The van der Waals surface area contributed by atoms with Crippen molar-refractivity contribution in [2.45, 2.75) is 39.5 Å². The summed E-state index contributed by atoms with van der Waals surface area (Å²) in [6.07, 6.45) is 2.27. The largest absolute Gasteiger partial charge is 0.457 e. The van der Waals surface area contributed by atoms with E-state index in [2.05, 4.69) is 61.4 Å². The van der Waals surface area contributed by atoms with Crippen LogP contribution in [0.3, 0.4) is 0 Å². The minimum absolute atomic E-state index is 0.455. The molecular weight excluding hydrogens is 340 g/mol. The molecule has 1 aliphatic carbocycles.